The molecular formula is C19H25NO. The number of benzene rings is 2. The van der Waals surface area contributed by atoms with Crippen LogP contribution in [0.5, 0.6) is 0 Å². The Balaban J connectivity index is 2.06. The van der Waals surface area contributed by atoms with Crippen molar-refractivity contribution in [3.05, 3.63) is 71.3 Å². The molecule has 0 unspecified atom stereocenters. The summed E-state index contributed by atoms with van der Waals surface area (Å²) >= 11 is 0. The van der Waals surface area contributed by atoms with E-state index in [2.05, 4.69) is 49.9 Å². The Morgan fingerprint density at radius 1 is 1.00 bits per heavy atom. The quantitative estimate of drug-likeness (QED) is 0.868. The van der Waals surface area contributed by atoms with Crippen LogP contribution in [-0.4, -0.2) is 22.6 Å². The maximum absolute atomic E-state index is 10.4. The lowest BCUT2D eigenvalue weighted by Gasteiger charge is -2.29. The van der Waals surface area contributed by atoms with Crippen LogP contribution in [0.4, 0.5) is 0 Å². The van der Waals surface area contributed by atoms with E-state index >= 15 is 0 Å². The molecule has 21 heavy (non-hydrogen) atoms. The third-order valence-corrected chi connectivity index (χ3v) is 3.79. The van der Waals surface area contributed by atoms with E-state index in [1.165, 1.54) is 11.1 Å². The van der Waals surface area contributed by atoms with Gasteiger partial charge in [-0.15, -0.1) is 0 Å². The van der Waals surface area contributed by atoms with Gasteiger partial charge in [0.25, 0.3) is 0 Å². The van der Waals surface area contributed by atoms with E-state index in [1.807, 2.05) is 30.3 Å². The smallest absolute Gasteiger partial charge is 0.0917 e. The summed E-state index contributed by atoms with van der Waals surface area (Å²) in [6.45, 7) is 7.97. The largest absolute Gasteiger partial charge is 0.387 e. The Hall–Kier alpha value is -1.64. The molecule has 0 amide bonds. The van der Waals surface area contributed by atoms with Crippen LogP contribution in [0.15, 0.2) is 54.6 Å². The minimum Gasteiger partial charge on any atom is -0.387 e. The van der Waals surface area contributed by atoms with E-state index in [9.17, 15) is 5.11 Å². The number of rotatable bonds is 6. The normalized spacial score (nSPS) is 12.9. The first-order valence-electron chi connectivity index (χ1n) is 7.59. The summed E-state index contributed by atoms with van der Waals surface area (Å²) in [4.78, 5) is 2.31. The fourth-order valence-electron chi connectivity index (χ4n) is 2.51. The van der Waals surface area contributed by atoms with Crippen molar-refractivity contribution in [2.45, 2.75) is 39.5 Å². The average Bonchev–Trinajstić information content (AvgIpc) is 2.47. The van der Waals surface area contributed by atoms with Crippen LogP contribution in [0.2, 0.25) is 0 Å². The minimum absolute atomic E-state index is 0.392. The number of hydrogen-bond donors (Lipinski definition) is 1. The van der Waals surface area contributed by atoms with Gasteiger partial charge in [0.2, 0.25) is 0 Å². The van der Waals surface area contributed by atoms with Gasteiger partial charge in [-0.2, -0.15) is 0 Å². The second kappa shape index (κ2) is 7.39. The van der Waals surface area contributed by atoms with Crippen molar-refractivity contribution in [1.82, 2.24) is 4.90 Å². The van der Waals surface area contributed by atoms with Crippen LogP contribution >= 0.6 is 0 Å². The Morgan fingerprint density at radius 2 is 1.71 bits per heavy atom. The van der Waals surface area contributed by atoms with Gasteiger partial charge in [0.15, 0.2) is 0 Å². The second-order valence-electron chi connectivity index (χ2n) is 5.94. The number of aliphatic hydroxyl groups excluding tert-OH is 1. The topological polar surface area (TPSA) is 23.5 Å². The predicted molar refractivity (Wildman–Crippen MR) is 88.1 cm³/mol. The highest BCUT2D eigenvalue weighted by Gasteiger charge is 2.16. The van der Waals surface area contributed by atoms with Crippen molar-refractivity contribution >= 4 is 0 Å². The summed E-state index contributed by atoms with van der Waals surface area (Å²) in [5.74, 6) is 0. The van der Waals surface area contributed by atoms with Crippen molar-refractivity contribution in [3.8, 4) is 0 Å². The van der Waals surface area contributed by atoms with Gasteiger partial charge in [0.05, 0.1) is 6.10 Å². The molecule has 2 aromatic carbocycles. The standard InChI is InChI=1S/C19H25NO/c1-15(2)20(13-17-9-7-8-16(3)12-17)14-19(21)18-10-5-4-6-11-18/h4-12,15,19,21H,13-14H2,1-3H3/t19-/m1/s1. The molecule has 0 saturated carbocycles. The van der Waals surface area contributed by atoms with Crippen LogP contribution in [-0.2, 0) is 6.54 Å². The Labute approximate surface area is 128 Å². The highest BCUT2D eigenvalue weighted by Crippen LogP contribution is 2.17. The maximum atomic E-state index is 10.4. The molecular weight excluding hydrogens is 258 g/mol. The van der Waals surface area contributed by atoms with E-state index < -0.39 is 6.10 Å². The van der Waals surface area contributed by atoms with Gasteiger partial charge in [-0.25, -0.2) is 0 Å². The Morgan fingerprint density at radius 3 is 2.33 bits per heavy atom. The molecule has 1 N–H and O–H groups in total. The molecule has 0 aliphatic heterocycles. The van der Waals surface area contributed by atoms with E-state index in [0.29, 0.717) is 12.6 Å². The summed E-state index contributed by atoms with van der Waals surface area (Å²) in [6, 6.07) is 18.8. The van der Waals surface area contributed by atoms with E-state index in [-0.39, 0.29) is 0 Å². The molecule has 2 heteroatoms. The third kappa shape index (κ3) is 4.69. The fraction of sp³-hybridized carbons (Fsp3) is 0.368. The minimum atomic E-state index is -0.446. The van der Waals surface area contributed by atoms with Crippen molar-refractivity contribution in [2.24, 2.45) is 0 Å². The summed E-state index contributed by atoms with van der Waals surface area (Å²) in [5.41, 5.74) is 3.55. The number of hydrogen-bond acceptors (Lipinski definition) is 2. The number of aryl methyl sites for hydroxylation is 1. The van der Waals surface area contributed by atoms with Crippen LogP contribution < -0.4 is 0 Å². The molecule has 0 aromatic heterocycles. The molecule has 2 rings (SSSR count). The summed E-state index contributed by atoms with van der Waals surface area (Å²) in [5, 5.41) is 10.4. The van der Waals surface area contributed by atoms with Crippen molar-refractivity contribution in [2.75, 3.05) is 6.54 Å². The first-order chi connectivity index (χ1) is 10.1. The Kier molecular flexibility index (Phi) is 5.54. The molecule has 0 aliphatic carbocycles. The second-order valence-corrected chi connectivity index (χ2v) is 5.94. The molecule has 2 aromatic rings. The first kappa shape index (κ1) is 15.7. The molecule has 0 aliphatic rings. The zero-order valence-corrected chi connectivity index (χ0v) is 13.2. The molecule has 0 radical (unpaired) electrons. The van der Waals surface area contributed by atoms with Crippen LogP contribution in [0.1, 0.15) is 36.6 Å². The molecule has 0 fully saturated rings. The highest BCUT2D eigenvalue weighted by atomic mass is 16.3. The molecule has 0 saturated heterocycles. The highest BCUT2D eigenvalue weighted by molar-refractivity contribution is 5.22. The summed E-state index contributed by atoms with van der Waals surface area (Å²) < 4.78 is 0. The number of aliphatic hydroxyl groups is 1. The molecule has 2 nitrogen and oxygen atoms in total. The molecule has 112 valence electrons. The van der Waals surface area contributed by atoms with Gasteiger partial charge in [-0.1, -0.05) is 60.2 Å². The van der Waals surface area contributed by atoms with Crippen molar-refractivity contribution in [3.63, 3.8) is 0 Å². The SMILES string of the molecule is Cc1cccc(CN(C[C@@H](O)c2ccccc2)C(C)C)c1. The van der Waals surface area contributed by atoms with Gasteiger partial charge >= 0.3 is 0 Å². The van der Waals surface area contributed by atoms with E-state index in [4.69, 9.17) is 0 Å². The van der Waals surface area contributed by atoms with Gasteiger partial charge in [-0.3, -0.25) is 4.90 Å². The molecule has 0 spiro atoms. The first-order valence-corrected chi connectivity index (χ1v) is 7.59. The lowest BCUT2D eigenvalue weighted by atomic mass is 10.1. The van der Waals surface area contributed by atoms with Gasteiger partial charge in [0, 0.05) is 19.1 Å². The Bertz CT molecular complexity index is 551. The predicted octanol–water partition coefficient (Wildman–Crippen LogP) is 3.94. The average molecular weight is 283 g/mol. The number of nitrogens with zero attached hydrogens (tertiary/aromatic N) is 1. The van der Waals surface area contributed by atoms with Crippen molar-refractivity contribution in [1.29, 1.82) is 0 Å². The van der Waals surface area contributed by atoms with Crippen LogP contribution in [0.3, 0.4) is 0 Å². The summed E-state index contributed by atoms with van der Waals surface area (Å²) in [6.07, 6.45) is -0.446. The lowest BCUT2D eigenvalue weighted by molar-refractivity contribution is 0.0908. The molecule has 0 heterocycles. The maximum Gasteiger partial charge on any atom is 0.0917 e. The van der Waals surface area contributed by atoms with Gasteiger partial charge in [0.1, 0.15) is 0 Å². The third-order valence-electron chi connectivity index (χ3n) is 3.79. The molecule has 1 atom stereocenters. The zero-order chi connectivity index (χ0) is 15.2. The molecule has 0 bridgehead atoms. The van der Waals surface area contributed by atoms with Gasteiger partial charge < -0.3 is 5.11 Å². The van der Waals surface area contributed by atoms with Crippen LogP contribution in [0.25, 0.3) is 0 Å². The van der Waals surface area contributed by atoms with Gasteiger partial charge in [-0.05, 0) is 31.9 Å². The van der Waals surface area contributed by atoms with E-state index in [1.54, 1.807) is 0 Å². The van der Waals surface area contributed by atoms with Crippen LogP contribution in [0, 0.1) is 6.92 Å². The van der Waals surface area contributed by atoms with E-state index in [0.717, 1.165) is 12.1 Å². The monoisotopic (exact) mass is 283 g/mol. The zero-order valence-electron chi connectivity index (χ0n) is 13.2. The summed E-state index contributed by atoms with van der Waals surface area (Å²) in [7, 11) is 0. The fourth-order valence-corrected chi connectivity index (χ4v) is 2.51. The lowest BCUT2D eigenvalue weighted by Crippen LogP contribution is -2.34. The van der Waals surface area contributed by atoms with Crippen molar-refractivity contribution < 1.29 is 5.11 Å².